The van der Waals surface area contributed by atoms with Gasteiger partial charge in [0, 0.05) is 29.6 Å². The average molecular weight is 381 g/mol. The van der Waals surface area contributed by atoms with Gasteiger partial charge in [-0.25, -0.2) is 4.98 Å². The van der Waals surface area contributed by atoms with E-state index in [1.165, 1.54) is 6.08 Å². The van der Waals surface area contributed by atoms with E-state index >= 15 is 0 Å². The molecule has 0 bridgehead atoms. The third kappa shape index (κ3) is 4.01. The number of fused-ring (bicyclic) bond motifs is 1. The first kappa shape index (κ1) is 17.3. The Morgan fingerprint density at radius 1 is 1.15 bits per heavy atom. The minimum atomic E-state index is -0.299. The van der Waals surface area contributed by atoms with E-state index < -0.39 is 0 Å². The molecule has 136 valence electrons. The Kier molecular flexibility index (Phi) is 4.64. The number of anilines is 1. The summed E-state index contributed by atoms with van der Waals surface area (Å²) in [5.41, 5.74) is 2.53. The molecule has 1 aliphatic carbocycles. The second-order valence-corrected chi connectivity index (χ2v) is 6.72. The number of hydrogen-bond acceptors (Lipinski definition) is 3. The number of carbonyl (C=O) groups excluding carboxylic acids is 2. The van der Waals surface area contributed by atoms with Crippen molar-refractivity contribution in [3.63, 3.8) is 0 Å². The maximum atomic E-state index is 12.2. The van der Waals surface area contributed by atoms with Crippen LogP contribution in [0.15, 0.2) is 54.7 Å². The first-order chi connectivity index (χ1) is 13.1. The van der Waals surface area contributed by atoms with Crippen molar-refractivity contribution in [2.45, 2.75) is 18.9 Å². The summed E-state index contributed by atoms with van der Waals surface area (Å²) in [5.74, 6) is -0.385. The molecule has 2 amide bonds. The van der Waals surface area contributed by atoms with Crippen LogP contribution < -0.4 is 10.6 Å². The average Bonchev–Trinajstić information content (AvgIpc) is 3.41. The number of benzene rings is 1. The molecule has 3 aromatic rings. The SMILES string of the molecule is O=C(/C=C/c1c(Cl)nc2ccccn12)Nc1ccc(C(=O)NC2CC2)cc1. The molecule has 0 radical (unpaired) electrons. The highest BCUT2D eigenvalue weighted by molar-refractivity contribution is 6.31. The minimum absolute atomic E-state index is 0.0856. The summed E-state index contributed by atoms with van der Waals surface area (Å²) in [6, 6.07) is 12.7. The van der Waals surface area contributed by atoms with Crippen molar-refractivity contribution in [2.24, 2.45) is 0 Å². The van der Waals surface area contributed by atoms with Crippen LogP contribution in [0, 0.1) is 0 Å². The second-order valence-electron chi connectivity index (χ2n) is 6.36. The summed E-state index contributed by atoms with van der Waals surface area (Å²) in [5, 5.41) is 6.02. The standard InChI is InChI=1S/C20H17ClN4O2/c21-19-16(25-12-2-1-3-17(25)24-19)10-11-18(26)22-14-6-4-13(5-7-14)20(27)23-15-8-9-15/h1-7,10-12,15H,8-9H2,(H,22,26)(H,23,27)/b11-10+. The van der Waals surface area contributed by atoms with Crippen molar-refractivity contribution >= 4 is 40.8 Å². The molecular formula is C20H17ClN4O2. The molecule has 0 saturated heterocycles. The van der Waals surface area contributed by atoms with Gasteiger partial charge in [0.1, 0.15) is 5.65 Å². The van der Waals surface area contributed by atoms with Gasteiger partial charge in [0.15, 0.2) is 5.15 Å². The largest absolute Gasteiger partial charge is 0.349 e. The van der Waals surface area contributed by atoms with Crippen LogP contribution in [0.2, 0.25) is 5.15 Å². The molecule has 27 heavy (non-hydrogen) atoms. The summed E-state index contributed by atoms with van der Waals surface area (Å²) in [4.78, 5) is 28.4. The van der Waals surface area contributed by atoms with E-state index in [-0.39, 0.29) is 11.8 Å². The van der Waals surface area contributed by atoms with Crippen LogP contribution in [0.25, 0.3) is 11.7 Å². The number of carbonyl (C=O) groups is 2. The third-order valence-electron chi connectivity index (χ3n) is 4.24. The highest BCUT2D eigenvalue weighted by Crippen LogP contribution is 2.20. The zero-order valence-corrected chi connectivity index (χ0v) is 15.1. The summed E-state index contributed by atoms with van der Waals surface area (Å²) < 4.78 is 1.80. The van der Waals surface area contributed by atoms with Crippen molar-refractivity contribution in [1.29, 1.82) is 0 Å². The maximum Gasteiger partial charge on any atom is 0.251 e. The first-order valence-electron chi connectivity index (χ1n) is 8.63. The lowest BCUT2D eigenvalue weighted by atomic mass is 10.2. The Morgan fingerprint density at radius 2 is 1.93 bits per heavy atom. The fraction of sp³-hybridized carbons (Fsp3) is 0.150. The molecule has 4 rings (SSSR count). The fourth-order valence-corrected chi connectivity index (χ4v) is 2.92. The maximum absolute atomic E-state index is 12.2. The molecule has 2 heterocycles. The Balaban J connectivity index is 1.42. The van der Waals surface area contributed by atoms with Gasteiger partial charge in [0.05, 0.1) is 5.69 Å². The summed E-state index contributed by atoms with van der Waals surface area (Å²) in [6.07, 6.45) is 6.94. The smallest absolute Gasteiger partial charge is 0.251 e. The lowest BCUT2D eigenvalue weighted by molar-refractivity contribution is -0.111. The number of nitrogens with zero attached hydrogens (tertiary/aromatic N) is 2. The fourth-order valence-electron chi connectivity index (χ4n) is 2.68. The second kappa shape index (κ2) is 7.25. The van der Waals surface area contributed by atoms with Crippen LogP contribution in [0.4, 0.5) is 5.69 Å². The van der Waals surface area contributed by atoms with Gasteiger partial charge in [-0.05, 0) is 55.3 Å². The summed E-state index contributed by atoms with van der Waals surface area (Å²) in [6.45, 7) is 0. The molecule has 1 fully saturated rings. The van der Waals surface area contributed by atoms with Crippen molar-refractivity contribution in [3.8, 4) is 0 Å². The van der Waals surface area contributed by atoms with E-state index in [0.717, 1.165) is 12.8 Å². The zero-order valence-electron chi connectivity index (χ0n) is 14.4. The van der Waals surface area contributed by atoms with Crippen molar-refractivity contribution in [2.75, 3.05) is 5.32 Å². The van der Waals surface area contributed by atoms with E-state index in [4.69, 9.17) is 11.6 Å². The van der Waals surface area contributed by atoms with E-state index in [0.29, 0.717) is 33.8 Å². The minimum Gasteiger partial charge on any atom is -0.349 e. The monoisotopic (exact) mass is 380 g/mol. The van der Waals surface area contributed by atoms with E-state index in [1.54, 1.807) is 34.7 Å². The molecule has 2 N–H and O–H groups in total. The van der Waals surface area contributed by atoms with Gasteiger partial charge in [-0.2, -0.15) is 0 Å². The summed E-state index contributed by atoms with van der Waals surface area (Å²) >= 11 is 6.15. The molecule has 1 aliphatic rings. The van der Waals surface area contributed by atoms with Gasteiger partial charge >= 0.3 is 0 Å². The number of rotatable bonds is 5. The number of amides is 2. The van der Waals surface area contributed by atoms with Crippen LogP contribution >= 0.6 is 11.6 Å². The Morgan fingerprint density at radius 3 is 2.67 bits per heavy atom. The predicted octanol–water partition coefficient (Wildman–Crippen LogP) is 3.53. The highest BCUT2D eigenvalue weighted by Gasteiger charge is 2.23. The summed E-state index contributed by atoms with van der Waals surface area (Å²) in [7, 11) is 0. The number of hydrogen-bond donors (Lipinski definition) is 2. The lowest BCUT2D eigenvalue weighted by Crippen LogP contribution is -2.25. The van der Waals surface area contributed by atoms with Gasteiger partial charge in [-0.1, -0.05) is 17.7 Å². The molecule has 1 aromatic carbocycles. The molecule has 0 aliphatic heterocycles. The molecule has 0 unspecified atom stereocenters. The molecule has 6 nitrogen and oxygen atoms in total. The molecular weight excluding hydrogens is 364 g/mol. The van der Waals surface area contributed by atoms with Crippen LogP contribution in [0.5, 0.6) is 0 Å². The molecule has 0 atom stereocenters. The van der Waals surface area contributed by atoms with E-state index in [1.807, 2.05) is 24.4 Å². The van der Waals surface area contributed by atoms with Gasteiger partial charge < -0.3 is 10.6 Å². The van der Waals surface area contributed by atoms with Gasteiger partial charge in [0.2, 0.25) is 5.91 Å². The number of aromatic nitrogens is 2. The Labute approximate surface area is 160 Å². The third-order valence-corrected chi connectivity index (χ3v) is 4.52. The van der Waals surface area contributed by atoms with E-state index in [9.17, 15) is 9.59 Å². The zero-order chi connectivity index (χ0) is 18.8. The Hall–Kier alpha value is -3.12. The lowest BCUT2D eigenvalue weighted by Gasteiger charge is -2.05. The van der Waals surface area contributed by atoms with Crippen LogP contribution in [-0.2, 0) is 4.79 Å². The topological polar surface area (TPSA) is 75.5 Å². The number of nitrogens with one attached hydrogen (secondary N) is 2. The highest BCUT2D eigenvalue weighted by atomic mass is 35.5. The molecule has 2 aromatic heterocycles. The quantitative estimate of drug-likeness (QED) is 0.665. The molecule has 1 saturated carbocycles. The van der Waals surface area contributed by atoms with Crippen molar-refractivity contribution in [3.05, 3.63) is 71.1 Å². The van der Waals surface area contributed by atoms with Crippen molar-refractivity contribution < 1.29 is 9.59 Å². The first-order valence-corrected chi connectivity index (χ1v) is 9.00. The normalized spacial score (nSPS) is 13.8. The molecule has 7 heteroatoms. The van der Waals surface area contributed by atoms with Crippen molar-refractivity contribution in [1.82, 2.24) is 14.7 Å². The van der Waals surface area contributed by atoms with E-state index in [2.05, 4.69) is 15.6 Å². The number of imidazole rings is 1. The predicted molar refractivity (Wildman–Crippen MR) is 105 cm³/mol. The Bertz CT molecular complexity index is 1040. The van der Waals surface area contributed by atoms with Gasteiger partial charge in [-0.15, -0.1) is 0 Å². The van der Waals surface area contributed by atoms with Gasteiger partial charge in [0.25, 0.3) is 5.91 Å². The van der Waals surface area contributed by atoms with Crippen LogP contribution in [0.1, 0.15) is 28.9 Å². The number of halogens is 1. The number of pyridine rings is 1. The van der Waals surface area contributed by atoms with Crippen LogP contribution in [0.3, 0.4) is 0 Å². The van der Waals surface area contributed by atoms with Crippen LogP contribution in [-0.4, -0.2) is 27.2 Å². The van der Waals surface area contributed by atoms with Gasteiger partial charge in [-0.3, -0.25) is 14.0 Å². The molecule has 0 spiro atoms.